The van der Waals surface area contributed by atoms with Gasteiger partial charge in [0.05, 0.1) is 5.60 Å². The summed E-state index contributed by atoms with van der Waals surface area (Å²) in [5.41, 5.74) is -0.794. The van der Waals surface area contributed by atoms with Gasteiger partial charge in [0.2, 0.25) is 0 Å². The lowest BCUT2D eigenvalue weighted by atomic mass is 9.98. The van der Waals surface area contributed by atoms with Gasteiger partial charge in [0.15, 0.2) is 0 Å². The van der Waals surface area contributed by atoms with Gasteiger partial charge in [0.1, 0.15) is 12.2 Å². The van der Waals surface area contributed by atoms with E-state index in [9.17, 15) is 5.11 Å². The summed E-state index contributed by atoms with van der Waals surface area (Å²) in [5.74, 6) is 1.35. The highest BCUT2D eigenvalue weighted by Gasteiger charge is 2.23. The van der Waals surface area contributed by atoms with Crippen molar-refractivity contribution in [1.29, 1.82) is 0 Å². The molecule has 98 valence electrons. The van der Waals surface area contributed by atoms with E-state index in [-0.39, 0.29) is 0 Å². The molecule has 0 saturated carbocycles. The molecule has 5 heteroatoms. The average Bonchev–Trinajstić information content (AvgIpc) is 2.61. The van der Waals surface area contributed by atoms with E-state index >= 15 is 0 Å². The Morgan fingerprint density at radius 3 is 2.82 bits per heavy atom. The van der Waals surface area contributed by atoms with Crippen molar-refractivity contribution in [2.24, 2.45) is 5.92 Å². The van der Waals surface area contributed by atoms with E-state index in [0.717, 1.165) is 12.4 Å². The molecule has 0 saturated heterocycles. The maximum atomic E-state index is 10.2. The van der Waals surface area contributed by atoms with Crippen molar-refractivity contribution >= 4 is 0 Å². The Bertz CT molecular complexity index is 334. The monoisotopic (exact) mass is 241 g/mol. The van der Waals surface area contributed by atoms with E-state index in [4.69, 9.17) is 4.74 Å². The number of hydrogen-bond acceptors (Lipinski definition) is 4. The topological polar surface area (TPSA) is 60.2 Å². The van der Waals surface area contributed by atoms with Gasteiger partial charge in [-0.3, -0.25) is 0 Å². The molecule has 1 N–H and O–H groups in total. The van der Waals surface area contributed by atoms with Crippen LogP contribution < -0.4 is 0 Å². The van der Waals surface area contributed by atoms with Crippen molar-refractivity contribution < 1.29 is 9.84 Å². The molecule has 1 rings (SSSR count). The van der Waals surface area contributed by atoms with Crippen molar-refractivity contribution in [2.75, 3.05) is 13.7 Å². The summed E-state index contributed by atoms with van der Waals surface area (Å²) in [6.45, 7) is 7.45. The fourth-order valence-corrected chi connectivity index (χ4v) is 1.67. The van der Waals surface area contributed by atoms with Crippen LogP contribution in [0.15, 0.2) is 6.33 Å². The number of ether oxygens (including phenoxy) is 1. The number of nitrogens with zero attached hydrogens (tertiary/aromatic N) is 3. The first-order valence-electron chi connectivity index (χ1n) is 6.02. The summed E-state index contributed by atoms with van der Waals surface area (Å²) in [7, 11) is 1.64. The molecule has 0 aliphatic rings. The average molecular weight is 241 g/mol. The van der Waals surface area contributed by atoms with Crippen LogP contribution in [-0.4, -0.2) is 39.2 Å². The Morgan fingerprint density at radius 1 is 1.53 bits per heavy atom. The Morgan fingerprint density at radius 2 is 2.24 bits per heavy atom. The van der Waals surface area contributed by atoms with Crippen LogP contribution in [-0.2, 0) is 17.7 Å². The minimum atomic E-state index is -0.794. The lowest BCUT2D eigenvalue weighted by Crippen LogP contribution is -2.30. The molecule has 1 atom stereocenters. The van der Waals surface area contributed by atoms with Crippen molar-refractivity contribution in [2.45, 2.75) is 45.8 Å². The van der Waals surface area contributed by atoms with Gasteiger partial charge >= 0.3 is 0 Å². The van der Waals surface area contributed by atoms with Crippen LogP contribution in [0.4, 0.5) is 0 Å². The first-order valence-corrected chi connectivity index (χ1v) is 6.02. The molecule has 0 fully saturated rings. The maximum Gasteiger partial charge on any atom is 0.138 e. The quantitative estimate of drug-likeness (QED) is 0.781. The molecule has 0 bridgehead atoms. The second-order valence-electron chi connectivity index (χ2n) is 5.17. The van der Waals surface area contributed by atoms with Crippen molar-refractivity contribution in [1.82, 2.24) is 14.8 Å². The van der Waals surface area contributed by atoms with E-state index in [1.165, 1.54) is 0 Å². The lowest BCUT2D eigenvalue weighted by molar-refractivity contribution is 0.0223. The van der Waals surface area contributed by atoms with E-state index in [2.05, 4.69) is 23.9 Å². The lowest BCUT2D eigenvalue weighted by Gasteiger charge is -2.22. The van der Waals surface area contributed by atoms with Crippen LogP contribution in [0.5, 0.6) is 0 Å². The molecular formula is C12H23N3O2. The summed E-state index contributed by atoms with van der Waals surface area (Å²) < 4.78 is 6.86. The fourth-order valence-electron chi connectivity index (χ4n) is 1.67. The standard InChI is InChI=1S/C12H23N3O2/c1-10(2)8-15-11(13-9-14-15)7-12(3,16)5-6-17-4/h9-10,16H,5-8H2,1-4H3. The van der Waals surface area contributed by atoms with Gasteiger partial charge < -0.3 is 9.84 Å². The molecule has 17 heavy (non-hydrogen) atoms. The second kappa shape index (κ2) is 6.12. The molecule has 5 nitrogen and oxygen atoms in total. The largest absolute Gasteiger partial charge is 0.390 e. The first-order chi connectivity index (χ1) is 7.94. The normalized spacial score (nSPS) is 15.2. The molecule has 0 amide bonds. The van der Waals surface area contributed by atoms with Crippen molar-refractivity contribution in [3.05, 3.63) is 12.2 Å². The molecule has 0 aromatic carbocycles. The van der Waals surface area contributed by atoms with E-state index < -0.39 is 5.60 Å². The van der Waals surface area contributed by atoms with Crippen LogP contribution in [0, 0.1) is 5.92 Å². The van der Waals surface area contributed by atoms with Gasteiger partial charge in [-0.15, -0.1) is 0 Å². The molecule has 1 heterocycles. The van der Waals surface area contributed by atoms with E-state index in [1.54, 1.807) is 20.4 Å². The Hall–Kier alpha value is -0.940. The van der Waals surface area contributed by atoms with Crippen LogP contribution in [0.25, 0.3) is 0 Å². The highest BCUT2D eigenvalue weighted by molar-refractivity contribution is 4.93. The molecule has 0 spiro atoms. The number of aromatic nitrogens is 3. The predicted octanol–water partition coefficient (Wildman–Crippen LogP) is 1.26. The molecule has 1 aromatic rings. The van der Waals surface area contributed by atoms with Crippen LogP contribution in [0.1, 0.15) is 33.0 Å². The van der Waals surface area contributed by atoms with E-state index in [0.29, 0.717) is 25.4 Å². The number of aliphatic hydroxyl groups is 1. The summed E-state index contributed by atoms with van der Waals surface area (Å²) in [6, 6.07) is 0. The summed E-state index contributed by atoms with van der Waals surface area (Å²) in [4.78, 5) is 4.21. The van der Waals surface area contributed by atoms with Gasteiger partial charge in [-0.05, 0) is 19.3 Å². The van der Waals surface area contributed by atoms with Crippen LogP contribution >= 0.6 is 0 Å². The van der Waals surface area contributed by atoms with Gasteiger partial charge in [0, 0.05) is 26.7 Å². The molecule has 1 unspecified atom stereocenters. The third-order valence-corrected chi connectivity index (χ3v) is 2.62. The zero-order valence-electron chi connectivity index (χ0n) is 11.2. The zero-order valence-corrected chi connectivity index (χ0v) is 11.2. The number of rotatable bonds is 7. The molecule has 1 aromatic heterocycles. The molecule has 0 aliphatic carbocycles. The van der Waals surface area contributed by atoms with Gasteiger partial charge in [-0.1, -0.05) is 13.8 Å². The highest BCUT2D eigenvalue weighted by atomic mass is 16.5. The van der Waals surface area contributed by atoms with Gasteiger partial charge in [-0.2, -0.15) is 5.10 Å². The van der Waals surface area contributed by atoms with E-state index in [1.807, 2.05) is 4.68 Å². The minimum absolute atomic E-state index is 0.503. The fraction of sp³-hybridized carbons (Fsp3) is 0.833. The third kappa shape index (κ3) is 4.83. The van der Waals surface area contributed by atoms with Crippen LogP contribution in [0.3, 0.4) is 0 Å². The van der Waals surface area contributed by atoms with Gasteiger partial charge in [-0.25, -0.2) is 9.67 Å². The SMILES string of the molecule is COCCC(C)(O)Cc1ncnn1CC(C)C. The first kappa shape index (κ1) is 14.1. The summed E-state index contributed by atoms with van der Waals surface area (Å²) in [5, 5.41) is 14.4. The Balaban J connectivity index is 2.64. The summed E-state index contributed by atoms with van der Waals surface area (Å²) >= 11 is 0. The zero-order chi connectivity index (χ0) is 12.9. The Kier molecular flexibility index (Phi) is 5.08. The van der Waals surface area contributed by atoms with Crippen LogP contribution in [0.2, 0.25) is 0 Å². The van der Waals surface area contributed by atoms with Crippen molar-refractivity contribution in [3.63, 3.8) is 0 Å². The minimum Gasteiger partial charge on any atom is -0.390 e. The molecular weight excluding hydrogens is 218 g/mol. The molecule has 0 aliphatic heterocycles. The predicted molar refractivity (Wildman–Crippen MR) is 65.7 cm³/mol. The highest BCUT2D eigenvalue weighted by Crippen LogP contribution is 2.16. The number of hydrogen-bond donors (Lipinski definition) is 1. The smallest absolute Gasteiger partial charge is 0.138 e. The second-order valence-corrected chi connectivity index (χ2v) is 5.17. The van der Waals surface area contributed by atoms with Gasteiger partial charge in [0.25, 0.3) is 0 Å². The maximum absolute atomic E-state index is 10.2. The molecule has 0 radical (unpaired) electrons. The third-order valence-electron chi connectivity index (χ3n) is 2.62. The number of methoxy groups -OCH3 is 1. The Labute approximate surface area is 103 Å². The van der Waals surface area contributed by atoms with Crippen molar-refractivity contribution in [3.8, 4) is 0 Å². The summed E-state index contributed by atoms with van der Waals surface area (Å²) in [6.07, 6.45) is 2.64.